The van der Waals surface area contributed by atoms with Crippen molar-refractivity contribution in [2.45, 2.75) is 31.6 Å². The van der Waals surface area contributed by atoms with Gasteiger partial charge in [-0.3, -0.25) is 0 Å². The van der Waals surface area contributed by atoms with Crippen molar-refractivity contribution in [2.75, 3.05) is 0 Å². The Morgan fingerprint density at radius 1 is 0.781 bits per heavy atom. The molecule has 0 atom stereocenters. The molecule has 4 rings (SSSR count). The van der Waals surface area contributed by atoms with Crippen LogP contribution in [0, 0.1) is 6.92 Å². The molecule has 0 aromatic heterocycles. The fourth-order valence-electron chi connectivity index (χ4n) is 3.75. The summed E-state index contributed by atoms with van der Waals surface area (Å²) in [4.78, 5) is 0.914. The summed E-state index contributed by atoms with van der Waals surface area (Å²) >= 11 is -0.159. The second kappa shape index (κ2) is 9.87. The molecule has 0 amide bonds. The Kier molecular flexibility index (Phi) is 6.95. The van der Waals surface area contributed by atoms with Crippen LogP contribution in [-0.2, 0) is 9.84 Å². The van der Waals surface area contributed by atoms with E-state index in [1.165, 1.54) is 0 Å². The molecule has 162 valence electrons. The summed E-state index contributed by atoms with van der Waals surface area (Å²) in [5.41, 5.74) is 2.07. The van der Waals surface area contributed by atoms with Crippen LogP contribution in [-0.4, -0.2) is 23.4 Å². The predicted octanol–water partition coefficient (Wildman–Crippen LogP) is 6.12. The van der Waals surface area contributed by atoms with E-state index in [0.717, 1.165) is 37.3 Å². The Bertz CT molecular complexity index is 1350. The van der Waals surface area contributed by atoms with Crippen LogP contribution >= 0.6 is 0 Å². The number of aryl methyl sites for hydroxylation is 1. The molecule has 0 aliphatic rings. The van der Waals surface area contributed by atoms with Crippen LogP contribution in [0.4, 0.5) is 0 Å². The van der Waals surface area contributed by atoms with Crippen molar-refractivity contribution in [3.05, 3.63) is 113 Å². The third-order valence-electron chi connectivity index (χ3n) is 5.38. The molecule has 0 saturated carbocycles. The Morgan fingerprint density at radius 3 is 2.16 bits per heavy atom. The van der Waals surface area contributed by atoms with Gasteiger partial charge < -0.3 is 0 Å². The molecule has 0 bridgehead atoms. The zero-order valence-electron chi connectivity index (χ0n) is 18.3. The quantitative estimate of drug-likeness (QED) is 0.284. The third kappa shape index (κ3) is 4.73. The molecule has 0 saturated heterocycles. The number of fused-ring (bicyclic) bond motifs is 1. The van der Waals surface area contributed by atoms with Crippen molar-refractivity contribution in [3.8, 4) is 0 Å². The molecule has 0 aliphatic heterocycles. The molecule has 2 nitrogen and oxygen atoms in total. The van der Waals surface area contributed by atoms with E-state index in [2.05, 4.69) is 36.4 Å². The Morgan fingerprint density at radius 2 is 1.44 bits per heavy atom. The minimum atomic E-state index is -3.62. The van der Waals surface area contributed by atoms with Gasteiger partial charge in [0.25, 0.3) is 0 Å². The average molecular weight is 506 g/mol. The van der Waals surface area contributed by atoms with Crippen molar-refractivity contribution >= 4 is 44.5 Å². The van der Waals surface area contributed by atoms with Crippen molar-refractivity contribution < 1.29 is 8.42 Å². The van der Waals surface area contributed by atoms with Crippen LogP contribution in [0.3, 0.4) is 0 Å². The van der Waals surface area contributed by atoms with Crippen molar-refractivity contribution in [1.29, 1.82) is 0 Å². The van der Waals surface area contributed by atoms with E-state index in [1.54, 1.807) is 12.1 Å². The summed E-state index contributed by atoms with van der Waals surface area (Å²) in [5.74, 6) is 0. The van der Waals surface area contributed by atoms with Crippen molar-refractivity contribution in [3.63, 3.8) is 0 Å². The monoisotopic (exact) mass is 506 g/mol. The molecular formula is C28H26O2SSe. The Labute approximate surface area is 197 Å². The number of hydrogen-bond donors (Lipinski definition) is 0. The predicted molar refractivity (Wildman–Crippen MR) is 136 cm³/mol. The summed E-state index contributed by atoms with van der Waals surface area (Å²) in [6.45, 7) is 4.01. The van der Waals surface area contributed by atoms with E-state index in [1.807, 2.05) is 62.4 Å². The van der Waals surface area contributed by atoms with Crippen LogP contribution in [0.15, 0.2) is 107 Å². The molecule has 0 N–H and O–H groups in total. The Balaban J connectivity index is 2.01. The fraction of sp³-hybridized carbons (Fsp3) is 0.143. The number of benzene rings is 4. The van der Waals surface area contributed by atoms with Crippen LogP contribution in [0.2, 0.25) is 0 Å². The average Bonchev–Trinajstić information content (AvgIpc) is 2.82. The van der Waals surface area contributed by atoms with E-state index >= 15 is 0 Å². The van der Waals surface area contributed by atoms with E-state index in [9.17, 15) is 8.42 Å². The Hall–Kier alpha value is -2.65. The SMILES string of the molecule is CCC/C(=C(\[Se]c1ccccc1)c1cccc2ccccc12)S(=O)(=O)c1ccc(C)cc1. The summed E-state index contributed by atoms with van der Waals surface area (Å²) < 4.78 is 30.0. The summed E-state index contributed by atoms with van der Waals surface area (Å²) in [7, 11) is -3.62. The molecule has 0 radical (unpaired) electrons. The maximum atomic E-state index is 13.9. The normalized spacial score (nSPS) is 12.6. The topological polar surface area (TPSA) is 34.1 Å². The molecule has 0 heterocycles. The number of allylic oxidation sites excluding steroid dienone is 1. The van der Waals surface area contributed by atoms with Gasteiger partial charge in [-0.15, -0.1) is 0 Å². The van der Waals surface area contributed by atoms with Crippen molar-refractivity contribution in [1.82, 2.24) is 0 Å². The second-order valence-corrected chi connectivity index (χ2v) is 12.0. The van der Waals surface area contributed by atoms with Crippen LogP contribution in [0.25, 0.3) is 15.2 Å². The van der Waals surface area contributed by atoms with E-state index < -0.39 is 9.84 Å². The van der Waals surface area contributed by atoms with E-state index in [0.29, 0.717) is 16.2 Å². The second-order valence-electron chi connectivity index (χ2n) is 7.76. The number of sulfone groups is 1. The first-order chi connectivity index (χ1) is 15.5. The molecule has 4 aromatic carbocycles. The van der Waals surface area contributed by atoms with Gasteiger partial charge in [0.15, 0.2) is 0 Å². The first-order valence-electron chi connectivity index (χ1n) is 10.8. The maximum absolute atomic E-state index is 13.9. The van der Waals surface area contributed by atoms with E-state index in [-0.39, 0.29) is 15.0 Å². The van der Waals surface area contributed by atoms with Crippen LogP contribution in [0.1, 0.15) is 30.9 Å². The zero-order valence-corrected chi connectivity index (χ0v) is 20.8. The van der Waals surface area contributed by atoms with Crippen LogP contribution < -0.4 is 4.46 Å². The van der Waals surface area contributed by atoms with Gasteiger partial charge in [0, 0.05) is 0 Å². The molecule has 4 aromatic rings. The van der Waals surface area contributed by atoms with Gasteiger partial charge in [0.2, 0.25) is 0 Å². The van der Waals surface area contributed by atoms with Gasteiger partial charge in [0.05, 0.1) is 0 Å². The van der Waals surface area contributed by atoms with Gasteiger partial charge in [-0.25, -0.2) is 0 Å². The zero-order chi connectivity index (χ0) is 22.6. The molecule has 0 unspecified atom stereocenters. The number of rotatable bonds is 7. The summed E-state index contributed by atoms with van der Waals surface area (Å²) in [5, 5.41) is 2.21. The van der Waals surface area contributed by atoms with Gasteiger partial charge >= 0.3 is 198 Å². The first kappa shape index (κ1) is 22.5. The van der Waals surface area contributed by atoms with E-state index in [4.69, 9.17) is 0 Å². The summed E-state index contributed by atoms with van der Waals surface area (Å²) in [6, 6.07) is 31.8. The minimum absolute atomic E-state index is 0.159. The molecule has 0 aliphatic carbocycles. The van der Waals surface area contributed by atoms with Gasteiger partial charge in [-0.05, 0) is 0 Å². The van der Waals surface area contributed by atoms with Crippen molar-refractivity contribution in [2.24, 2.45) is 0 Å². The molecule has 0 fully saturated rings. The first-order valence-corrected chi connectivity index (χ1v) is 14.0. The molecular weight excluding hydrogens is 479 g/mol. The number of hydrogen-bond acceptors (Lipinski definition) is 2. The molecule has 4 heteroatoms. The van der Waals surface area contributed by atoms with Gasteiger partial charge in [-0.1, -0.05) is 0 Å². The summed E-state index contributed by atoms with van der Waals surface area (Å²) in [6.07, 6.45) is 1.28. The van der Waals surface area contributed by atoms with Gasteiger partial charge in [-0.2, -0.15) is 0 Å². The fourth-order valence-corrected chi connectivity index (χ4v) is 8.43. The van der Waals surface area contributed by atoms with Gasteiger partial charge in [0.1, 0.15) is 0 Å². The standard InChI is InChI=1S/C28H26O2SSe/c1-3-10-27(31(29,30)23-19-17-21(2)18-20-23)28(32-24-13-5-4-6-14-24)26-16-9-12-22-11-7-8-15-25(22)26/h4-9,11-20H,3,10H2,1-2H3/b28-27+. The third-order valence-corrected chi connectivity index (χ3v) is 10.1. The molecule has 0 spiro atoms. The van der Waals surface area contributed by atoms with Crippen LogP contribution in [0.5, 0.6) is 0 Å². The molecule has 32 heavy (non-hydrogen) atoms.